The molecule has 1 atom stereocenters. The molecular formula is C12H16N2OS. The van der Waals surface area contributed by atoms with Crippen LogP contribution in [-0.4, -0.2) is 30.8 Å². The molecular weight excluding hydrogens is 220 g/mol. The van der Waals surface area contributed by atoms with E-state index in [-0.39, 0.29) is 6.04 Å². The second-order valence-electron chi connectivity index (χ2n) is 3.29. The van der Waals surface area contributed by atoms with Crippen molar-refractivity contribution in [3.63, 3.8) is 0 Å². The molecule has 0 saturated heterocycles. The average molecular weight is 236 g/mol. The third-order valence-electron chi connectivity index (χ3n) is 2.28. The molecule has 3 nitrogen and oxygen atoms in total. The Kier molecular flexibility index (Phi) is 5.64. The fraction of sp³-hybridized carbons (Fsp3) is 0.333. The Morgan fingerprint density at radius 3 is 2.69 bits per heavy atom. The molecule has 1 aromatic rings. The molecule has 16 heavy (non-hydrogen) atoms. The summed E-state index contributed by atoms with van der Waals surface area (Å²) in [6.07, 6.45) is 3.47. The maximum absolute atomic E-state index is 10.6. The zero-order chi connectivity index (χ0) is 11.8. The van der Waals surface area contributed by atoms with Crippen LogP contribution in [0.4, 0.5) is 0 Å². The SMILES string of the molecule is CN=C(SC)C(Cc1ccccc1)NC=O. The molecule has 0 aliphatic rings. The van der Waals surface area contributed by atoms with E-state index in [1.54, 1.807) is 18.8 Å². The first-order valence-electron chi connectivity index (χ1n) is 5.06. The summed E-state index contributed by atoms with van der Waals surface area (Å²) in [4.78, 5) is 14.7. The summed E-state index contributed by atoms with van der Waals surface area (Å²) in [6.45, 7) is 0. The summed E-state index contributed by atoms with van der Waals surface area (Å²) < 4.78 is 0. The molecule has 86 valence electrons. The van der Waals surface area contributed by atoms with Gasteiger partial charge in [0.15, 0.2) is 0 Å². The Balaban J connectivity index is 2.75. The van der Waals surface area contributed by atoms with Crippen LogP contribution in [0.3, 0.4) is 0 Å². The van der Waals surface area contributed by atoms with Crippen LogP contribution in [0.2, 0.25) is 0 Å². The first-order valence-corrected chi connectivity index (χ1v) is 6.28. The molecule has 0 saturated carbocycles. The lowest BCUT2D eigenvalue weighted by Gasteiger charge is -2.16. The van der Waals surface area contributed by atoms with Crippen molar-refractivity contribution >= 4 is 23.2 Å². The van der Waals surface area contributed by atoms with Gasteiger partial charge in [0.25, 0.3) is 0 Å². The number of carbonyl (C=O) groups is 1. The minimum Gasteiger partial charge on any atom is -0.349 e. The van der Waals surface area contributed by atoms with Crippen molar-refractivity contribution in [2.24, 2.45) is 4.99 Å². The number of benzene rings is 1. The molecule has 0 aliphatic heterocycles. The zero-order valence-electron chi connectivity index (χ0n) is 9.51. The van der Waals surface area contributed by atoms with Crippen LogP contribution >= 0.6 is 11.8 Å². The lowest BCUT2D eigenvalue weighted by Crippen LogP contribution is -2.36. The summed E-state index contributed by atoms with van der Waals surface area (Å²) in [6, 6.07) is 10.0. The van der Waals surface area contributed by atoms with Crippen LogP contribution in [-0.2, 0) is 11.2 Å². The van der Waals surface area contributed by atoms with Gasteiger partial charge in [0.1, 0.15) is 0 Å². The van der Waals surface area contributed by atoms with Gasteiger partial charge in [0, 0.05) is 7.05 Å². The average Bonchev–Trinajstić information content (AvgIpc) is 2.32. The first-order chi connectivity index (χ1) is 7.81. The van der Waals surface area contributed by atoms with Gasteiger partial charge in [0.2, 0.25) is 6.41 Å². The number of thioether (sulfide) groups is 1. The van der Waals surface area contributed by atoms with Gasteiger partial charge in [0.05, 0.1) is 11.1 Å². The Bertz CT molecular complexity index is 351. The van der Waals surface area contributed by atoms with Gasteiger partial charge in [-0.25, -0.2) is 0 Å². The van der Waals surface area contributed by atoms with E-state index in [1.165, 1.54) is 5.56 Å². The van der Waals surface area contributed by atoms with Crippen molar-refractivity contribution in [1.29, 1.82) is 0 Å². The molecule has 0 aliphatic carbocycles. The normalized spacial score (nSPS) is 13.2. The molecule has 0 radical (unpaired) electrons. The third-order valence-corrected chi connectivity index (χ3v) is 3.16. The number of aliphatic imine (C=N–C) groups is 1. The molecule has 1 aromatic carbocycles. The van der Waals surface area contributed by atoms with Crippen LogP contribution in [0.15, 0.2) is 35.3 Å². The number of rotatable bonds is 5. The molecule has 0 fully saturated rings. The van der Waals surface area contributed by atoms with Gasteiger partial charge in [-0.15, -0.1) is 11.8 Å². The number of nitrogens with zero attached hydrogens (tertiary/aromatic N) is 1. The van der Waals surface area contributed by atoms with Crippen LogP contribution in [0, 0.1) is 0 Å². The van der Waals surface area contributed by atoms with E-state index < -0.39 is 0 Å². The minimum atomic E-state index is -0.0279. The molecule has 0 heterocycles. The Labute approximate surface area is 100 Å². The van der Waals surface area contributed by atoms with E-state index >= 15 is 0 Å². The number of hydrogen-bond acceptors (Lipinski definition) is 3. The summed E-state index contributed by atoms with van der Waals surface area (Å²) in [5.41, 5.74) is 1.19. The lowest BCUT2D eigenvalue weighted by molar-refractivity contribution is -0.109. The van der Waals surface area contributed by atoms with Crippen LogP contribution < -0.4 is 5.32 Å². The van der Waals surface area contributed by atoms with Crippen molar-refractivity contribution in [1.82, 2.24) is 5.32 Å². The lowest BCUT2D eigenvalue weighted by atomic mass is 10.1. The smallest absolute Gasteiger partial charge is 0.207 e. The predicted molar refractivity (Wildman–Crippen MR) is 70.0 cm³/mol. The topological polar surface area (TPSA) is 41.5 Å². The van der Waals surface area contributed by atoms with Gasteiger partial charge in [-0.2, -0.15) is 0 Å². The highest BCUT2D eigenvalue weighted by Crippen LogP contribution is 2.10. The molecule has 1 N–H and O–H groups in total. The maximum atomic E-state index is 10.6. The van der Waals surface area contributed by atoms with Crippen LogP contribution in [0.25, 0.3) is 0 Å². The van der Waals surface area contributed by atoms with Gasteiger partial charge in [-0.3, -0.25) is 9.79 Å². The number of amides is 1. The molecule has 0 aromatic heterocycles. The predicted octanol–water partition coefficient (Wildman–Crippen LogP) is 1.73. The van der Waals surface area contributed by atoms with Gasteiger partial charge >= 0.3 is 0 Å². The van der Waals surface area contributed by atoms with E-state index in [0.29, 0.717) is 0 Å². The van der Waals surface area contributed by atoms with E-state index in [9.17, 15) is 4.79 Å². The van der Waals surface area contributed by atoms with Crippen molar-refractivity contribution in [3.8, 4) is 0 Å². The van der Waals surface area contributed by atoms with Crippen molar-refractivity contribution in [2.45, 2.75) is 12.5 Å². The fourth-order valence-corrected chi connectivity index (χ4v) is 2.16. The quantitative estimate of drug-likeness (QED) is 0.480. The van der Waals surface area contributed by atoms with Gasteiger partial charge < -0.3 is 5.32 Å². The highest BCUT2D eigenvalue weighted by molar-refractivity contribution is 8.13. The Hall–Kier alpha value is -1.29. The Morgan fingerprint density at radius 1 is 1.50 bits per heavy atom. The molecule has 1 amide bonds. The third kappa shape index (κ3) is 3.70. The number of hydrogen-bond donors (Lipinski definition) is 1. The molecule has 1 rings (SSSR count). The van der Waals surface area contributed by atoms with E-state index in [4.69, 9.17) is 0 Å². The second kappa shape index (κ2) is 7.06. The molecule has 0 spiro atoms. The highest BCUT2D eigenvalue weighted by Gasteiger charge is 2.14. The largest absolute Gasteiger partial charge is 0.349 e. The maximum Gasteiger partial charge on any atom is 0.207 e. The second-order valence-corrected chi connectivity index (χ2v) is 4.12. The Morgan fingerprint density at radius 2 is 2.19 bits per heavy atom. The van der Waals surface area contributed by atoms with Gasteiger partial charge in [-0.1, -0.05) is 30.3 Å². The summed E-state index contributed by atoms with van der Waals surface area (Å²) in [5.74, 6) is 0. The summed E-state index contributed by atoms with van der Waals surface area (Å²) in [7, 11) is 1.75. The fourth-order valence-electron chi connectivity index (χ4n) is 1.54. The van der Waals surface area contributed by atoms with Crippen molar-refractivity contribution in [3.05, 3.63) is 35.9 Å². The summed E-state index contributed by atoms with van der Waals surface area (Å²) >= 11 is 1.57. The van der Waals surface area contributed by atoms with Crippen LogP contribution in [0.1, 0.15) is 5.56 Å². The first kappa shape index (κ1) is 12.8. The van der Waals surface area contributed by atoms with E-state index in [0.717, 1.165) is 17.9 Å². The molecule has 0 bridgehead atoms. The number of carbonyl (C=O) groups excluding carboxylic acids is 1. The number of nitrogens with one attached hydrogen (secondary N) is 1. The molecule has 1 unspecified atom stereocenters. The minimum absolute atomic E-state index is 0.0279. The summed E-state index contributed by atoms with van der Waals surface area (Å²) in [5, 5.41) is 3.74. The van der Waals surface area contributed by atoms with Crippen LogP contribution in [0.5, 0.6) is 0 Å². The monoisotopic (exact) mass is 236 g/mol. The van der Waals surface area contributed by atoms with Gasteiger partial charge in [-0.05, 0) is 18.2 Å². The van der Waals surface area contributed by atoms with E-state index in [1.807, 2.05) is 36.6 Å². The van der Waals surface area contributed by atoms with Crippen molar-refractivity contribution < 1.29 is 4.79 Å². The van der Waals surface area contributed by atoms with E-state index in [2.05, 4.69) is 10.3 Å². The standard InChI is InChI=1S/C12H16N2OS/c1-13-12(16-2)11(14-9-15)8-10-6-4-3-5-7-10/h3-7,9,11H,8H2,1-2H3,(H,14,15). The zero-order valence-corrected chi connectivity index (χ0v) is 10.3. The van der Waals surface area contributed by atoms with Crippen molar-refractivity contribution in [2.75, 3.05) is 13.3 Å². The highest BCUT2D eigenvalue weighted by atomic mass is 32.2. The molecule has 4 heteroatoms.